The van der Waals surface area contributed by atoms with Crippen LogP contribution in [0.2, 0.25) is 0 Å². The Hall–Kier alpha value is -2.05. The summed E-state index contributed by atoms with van der Waals surface area (Å²) in [6.45, 7) is 9.74. The highest BCUT2D eigenvalue weighted by Crippen LogP contribution is 2.16. The van der Waals surface area contributed by atoms with Crippen LogP contribution in [-0.2, 0) is 15.1 Å². The second-order valence-corrected chi connectivity index (χ2v) is 6.19. The van der Waals surface area contributed by atoms with Crippen molar-refractivity contribution in [3.05, 3.63) is 12.4 Å². The predicted molar refractivity (Wildman–Crippen MR) is 80.0 cm³/mol. The van der Waals surface area contributed by atoms with Crippen molar-refractivity contribution < 1.29 is 14.3 Å². The van der Waals surface area contributed by atoms with E-state index in [1.165, 1.54) is 7.11 Å². The van der Waals surface area contributed by atoms with E-state index in [0.29, 0.717) is 5.69 Å². The molecule has 7 heteroatoms. The number of carbonyl (C=O) groups excluding carboxylic acids is 2. The second kappa shape index (κ2) is 6.60. The van der Waals surface area contributed by atoms with E-state index >= 15 is 0 Å². The molecule has 2 amide bonds. The predicted octanol–water partition coefficient (Wildman–Crippen LogP) is 1.96. The molecule has 0 aliphatic carbocycles. The third kappa shape index (κ3) is 4.77. The lowest BCUT2D eigenvalue weighted by Crippen LogP contribution is -2.47. The van der Waals surface area contributed by atoms with Gasteiger partial charge in [-0.3, -0.25) is 9.48 Å². The van der Waals surface area contributed by atoms with Gasteiger partial charge in [-0.05, 0) is 26.7 Å². The molecule has 0 aromatic carbocycles. The Morgan fingerprint density at radius 2 is 1.95 bits per heavy atom. The van der Waals surface area contributed by atoms with Crippen LogP contribution < -0.4 is 10.6 Å². The number of rotatable bonds is 4. The van der Waals surface area contributed by atoms with Gasteiger partial charge in [0.2, 0.25) is 5.91 Å². The minimum absolute atomic E-state index is 0.0678. The maximum Gasteiger partial charge on any atom is 0.407 e. The van der Waals surface area contributed by atoms with Crippen molar-refractivity contribution in [3.63, 3.8) is 0 Å². The average molecular weight is 296 g/mol. The van der Waals surface area contributed by atoms with Crippen molar-refractivity contribution in [2.45, 2.75) is 46.2 Å². The molecule has 1 atom stereocenters. The van der Waals surface area contributed by atoms with E-state index < -0.39 is 12.1 Å². The van der Waals surface area contributed by atoms with Crippen LogP contribution in [-0.4, -0.2) is 34.9 Å². The molecule has 2 N–H and O–H groups in total. The van der Waals surface area contributed by atoms with Crippen LogP contribution in [0.5, 0.6) is 0 Å². The number of nitrogens with one attached hydrogen (secondary N) is 2. The van der Waals surface area contributed by atoms with Crippen molar-refractivity contribution >= 4 is 17.7 Å². The number of nitrogens with zero attached hydrogens (tertiary/aromatic N) is 2. The van der Waals surface area contributed by atoms with Crippen molar-refractivity contribution in [3.8, 4) is 0 Å². The number of alkyl carbamates (subject to hydrolysis) is 1. The van der Waals surface area contributed by atoms with Crippen molar-refractivity contribution in [1.82, 2.24) is 15.1 Å². The Kier molecular flexibility index (Phi) is 5.34. The highest BCUT2D eigenvalue weighted by molar-refractivity contribution is 5.96. The minimum atomic E-state index is -0.671. The Labute approximate surface area is 125 Å². The number of methoxy groups -OCH3 is 1. The van der Waals surface area contributed by atoms with Gasteiger partial charge < -0.3 is 15.4 Å². The molecule has 1 rings (SSSR count). The van der Waals surface area contributed by atoms with Gasteiger partial charge in [-0.2, -0.15) is 5.10 Å². The van der Waals surface area contributed by atoms with Gasteiger partial charge in [0.1, 0.15) is 6.04 Å². The largest absolute Gasteiger partial charge is 0.453 e. The highest BCUT2D eigenvalue weighted by atomic mass is 16.5. The Morgan fingerprint density at radius 3 is 2.38 bits per heavy atom. The van der Waals surface area contributed by atoms with E-state index in [9.17, 15) is 9.59 Å². The maximum absolute atomic E-state index is 12.2. The first-order valence-corrected chi connectivity index (χ1v) is 6.85. The van der Waals surface area contributed by atoms with E-state index in [1.807, 2.05) is 34.6 Å². The summed E-state index contributed by atoms with van der Waals surface area (Å²) in [4.78, 5) is 23.5. The zero-order chi connectivity index (χ0) is 16.2. The van der Waals surface area contributed by atoms with Gasteiger partial charge in [-0.15, -0.1) is 0 Å². The number of ether oxygens (including phenoxy) is 1. The third-order valence-electron chi connectivity index (χ3n) is 2.95. The molecule has 0 spiro atoms. The van der Waals surface area contributed by atoms with Gasteiger partial charge in [0.05, 0.1) is 24.5 Å². The van der Waals surface area contributed by atoms with Crippen molar-refractivity contribution in [2.24, 2.45) is 5.92 Å². The quantitative estimate of drug-likeness (QED) is 0.889. The van der Waals surface area contributed by atoms with E-state index in [1.54, 1.807) is 17.1 Å². The topological polar surface area (TPSA) is 85.2 Å². The van der Waals surface area contributed by atoms with Crippen LogP contribution in [0, 0.1) is 5.92 Å². The summed E-state index contributed by atoms with van der Waals surface area (Å²) >= 11 is 0. The van der Waals surface area contributed by atoms with E-state index in [-0.39, 0.29) is 17.4 Å². The second-order valence-electron chi connectivity index (χ2n) is 6.19. The number of carbonyl (C=O) groups is 2. The molecule has 1 aromatic rings. The van der Waals surface area contributed by atoms with Gasteiger partial charge >= 0.3 is 6.09 Å². The molecule has 0 unspecified atom stereocenters. The molecule has 0 saturated heterocycles. The zero-order valence-corrected chi connectivity index (χ0v) is 13.4. The first kappa shape index (κ1) is 17.0. The number of anilines is 1. The number of aromatic nitrogens is 2. The molecule has 0 bridgehead atoms. The maximum atomic E-state index is 12.2. The number of hydrogen-bond donors (Lipinski definition) is 2. The van der Waals surface area contributed by atoms with E-state index in [4.69, 9.17) is 0 Å². The van der Waals surface area contributed by atoms with Crippen LogP contribution in [0.25, 0.3) is 0 Å². The summed E-state index contributed by atoms with van der Waals surface area (Å²) in [5.74, 6) is -0.370. The van der Waals surface area contributed by atoms with Gasteiger partial charge in [-0.1, -0.05) is 13.8 Å². The van der Waals surface area contributed by atoms with Crippen molar-refractivity contribution in [1.29, 1.82) is 0 Å². The van der Waals surface area contributed by atoms with Crippen LogP contribution in [0.3, 0.4) is 0 Å². The molecule has 0 aliphatic rings. The van der Waals surface area contributed by atoms with Gasteiger partial charge in [0.15, 0.2) is 0 Å². The number of hydrogen-bond acceptors (Lipinski definition) is 4. The molecular formula is C14H24N4O3. The van der Waals surface area contributed by atoms with Gasteiger partial charge in [0, 0.05) is 6.20 Å². The normalized spacial score (nSPS) is 12.9. The summed E-state index contributed by atoms with van der Waals surface area (Å²) in [6.07, 6.45) is 2.71. The monoisotopic (exact) mass is 296 g/mol. The lowest BCUT2D eigenvalue weighted by Gasteiger charge is -2.21. The summed E-state index contributed by atoms with van der Waals surface area (Å²) in [6, 6.07) is -0.671. The summed E-state index contributed by atoms with van der Waals surface area (Å²) in [5.41, 5.74) is 0.428. The molecular weight excluding hydrogens is 272 g/mol. The van der Waals surface area contributed by atoms with Gasteiger partial charge in [-0.25, -0.2) is 4.79 Å². The van der Waals surface area contributed by atoms with Crippen LogP contribution in [0.4, 0.5) is 10.5 Å². The fourth-order valence-corrected chi connectivity index (χ4v) is 1.70. The van der Waals surface area contributed by atoms with Gasteiger partial charge in [0.25, 0.3) is 0 Å². The molecule has 118 valence electrons. The smallest absolute Gasteiger partial charge is 0.407 e. The Morgan fingerprint density at radius 1 is 1.33 bits per heavy atom. The van der Waals surface area contributed by atoms with Crippen LogP contribution in [0.15, 0.2) is 12.4 Å². The lowest BCUT2D eigenvalue weighted by molar-refractivity contribution is -0.119. The standard InChI is InChI=1S/C14H24N4O3/c1-9(2)11(17-13(20)21-6)12(19)16-10-7-15-18(8-10)14(3,4)5/h7-9,11H,1-6H3,(H,16,19)(H,17,20)/t11-/m0/s1. The minimum Gasteiger partial charge on any atom is -0.453 e. The SMILES string of the molecule is COC(=O)N[C@H](C(=O)Nc1cnn(C(C)(C)C)c1)C(C)C. The Balaban J connectivity index is 2.77. The molecule has 0 fully saturated rings. The molecule has 1 aromatic heterocycles. The first-order chi connectivity index (χ1) is 9.65. The summed E-state index contributed by atoms with van der Waals surface area (Å²) in [7, 11) is 1.26. The number of amides is 2. The lowest BCUT2D eigenvalue weighted by atomic mass is 10.0. The third-order valence-corrected chi connectivity index (χ3v) is 2.95. The molecule has 0 saturated carbocycles. The molecule has 0 radical (unpaired) electrons. The van der Waals surface area contributed by atoms with E-state index in [2.05, 4.69) is 20.5 Å². The average Bonchev–Trinajstić information content (AvgIpc) is 2.83. The molecule has 1 heterocycles. The summed E-state index contributed by atoms with van der Waals surface area (Å²) in [5, 5.41) is 9.49. The first-order valence-electron chi connectivity index (χ1n) is 6.85. The van der Waals surface area contributed by atoms with Crippen molar-refractivity contribution in [2.75, 3.05) is 12.4 Å². The zero-order valence-electron chi connectivity index (χ0n) is 13.4. The molecule has 21 heavy (non-hydrogen) atoms. The fraction of sp³-hybridized carbons (Fsp3) is 0.643. The Bertz CT molecular complexity index is 503. The molecule has 7 nitrogen and oxygen atoms in total. The van der Waals surface area contributed by atoms with Crippen LogP contribution >= 0.6 is 0 Å². The van der Waals surface area contributed by atoms with E-state index in [0.717, 1.165) is 0 Å². The fourth-order valence-electron chi connectivity index (χ4n) is 1.70. The highest BCUT2D eigenvalue weighted by Gasteiger charge is 2.25. The summed E-state index contributed by atoms with van der Waals surface area (Å²) < 4.78 is 6.30. The molecule has 0 aliphatic heterocycles. The van der Waals surface area contributed by atoms with Crippen LogP contribution in [0.1, 0.15) is 34.6 Å².